The minimum atomic E-state index is 0.0658. The number of rotatable bonds is 4. The lowest BCUT2D eigenvalue weighted by Gasteiger charge is -2.34. The normalized spacial score (nSPS) is 23.8. The molecule has 0 spiro atoms. The Kier molecular flexibility index (Phi) is 5.79. The number of ketones is 1. The SMILES string of the molecule is CC1CN(CCC(=O)c2cccc(Cl)c2Cl)CC(C)S1. The second-order valence-electron chi connectivity index (χ2n) is 5.29. The predicted octanol–water partition coefficient (Wildman–Crippen LogP) is 4.39. The maximum atomic E-state index is 12.2. The van der Waals surface area contributed by atoms with Crippen molar-refractivity contribution in [3.8, 4) is 0 Å². The van der Waals surface area contributed by atoms with Gasteiger partial charge in [-0.2, -0.15) is 11.8 Å². The van der Waals surface area contributed by atoms with E-state index in [0.29, 0.717) is 32.5 Å². The van der Waals surface area contributed by atoms with E-state index in [2.05, 4.69) is 18.7 Å². The number of thioether (sulfide) groups is 1. The van der Waals surface area contributed by atoms with Crippen molar-refractivity contribution in [2.75, 3.05) is 19.6 Å². The third-order valence-electron chi connectivity index (χ3n) is 3.40. The number of carbonyl (C=O) groups excluding carboxylic acids is 1. The molecule has 1 aliphatic rings. The van der Waals surface area contributed by atoms with E-state index in [1.807, 2.05) is 11.8 Å². The highest BCUT2D eigenvalue weighted by atomic mass is 35.5. The first-order valence-corrected chi connectivity index (χ1v) is 8.52. The highest BCUT2D eigenvalue weighted by Crippen LogP contribution is 2.27. The quantitative estimate of drug-likeness (QED) is 0.763. The van der Waals surface area contributed by atoms with Crippen LogP contribution in [0, 0.1) is 0 Å². The summed E-state index contributed by atoms with van der Waals surface area (Å²) in [7, 11) is 0. The number of Topliss-reactive ketones (excluding diaryl/α,β-unsaturated/α-hetero) is 1. The molecule has 2 atom stereocenters. The lowest BCUT2D eigenvalue weighted by atomic mass is 10.1. The van der Waals surface area contributed by atoms with Gasteiger partial charge in [-0.05, 0) is 12.1 Å². The highest BCUT2D eigenvalue weighted by molar-refractivity contribution is 8.00. The first kappa shape index (κ1) is 16.2. The fraction of sp³-hybridized carbons (Fsp3) is 0.533. The third kappa shape index (κ3) is 4.14. The van der Waals surface area contributed by atoms with Crippen LogP contribution >= 0.6 is 35.0 Å². The zero-order valence-electron chi connectivity index (χ0n) is 11.7. The molecule has 0 amide bonds. The molecule has 0 radical (unpaired) electrons. The van der Waals surface area contributed by atoms with Crippen molar-refractivity contribution >= 4 is 40.7 Å². The molecule has 1 saturated heterocycles. The van der Waals surface area contributed by atoms with Crippen LogP contribution in [0.2, 0.25) is 10.0 Å². The average Bonchev–Trinajstić information content (AvgIpc) is 2.38. The summed E-state index contributed by atoms with van der Waals surface area (Å²) in [5.41, 5.74) is 0.534. The van der Waals surface area contributed by atoms with Gasteiger partial charge in [0.15, 0.2) is 5.78 Å². The van der Waals surface area contributed by atoms with E-state index in [-0.39, 0.29) is 5.78 Å². The molecule has 0 bridgehead atoms. The van der Waals surface area contributed by atoms with Crippen molar-refractivity contribution in [3.63, 3.8) is 0 Å². The summed E-state index contributed by atoms with van der Waals surface area (Å²) in [6, 6.07) is 5.21. The Labute approximate surface area is 134 Å². The van der Waals surface area contributed by atoms with Crippen molar-refractivity contribution in [3.05, 3.63) is 33.8 Å². The summed E-state index contributed by atoms with van der Waals surface area (Å²) in [5, 5.41) is 2.07. The molecule has 1 aromatic rings. The molecule has 20 heavy (non-hydrogen) atoms. The van der Waals surface area contributed by atoms with E-state index in [9.17, 15) is 4.79 Å². The number of hydrogen-bond donors (Lipinski definition) is 0. The minimum absolute atomic E-state index is 0.0658. The Hall–Kier alpha value is -0.220. The van der Waals surface area contributed by atoms with Gasteiger partial charge >= 0.3 is 0 Å². The lowest BCUT2D eigenvalue weighted by molar-refractivity contribution is 0.0963. The lowest BCUT2D eigenvalue weighted by Crippen LogP contribution is -2.41. The molecule has 1 fully saturated rings. The molecule has 0 N–H and O–H groups in total. The molecular weight excluding hydrogens is 313 g/mol. The summed E-state index contributed by atoms with van der Waals surface area (Å²) in [6.45, 7) is 7.36. The molecule has 2 rings (SSSR count). The zero-order valence-corrected chi connectivity index (χ0v) is 14.1. The molecule has 0 saturated carbocycles. The van der Waals surface area contributed by atoms with Gasteiger partial charge in [-0.25, -0.2) is 0 Å². The van der Waals surface area contributed by atoms with Gasteiger partial charge in [-0.3, -0.25) is 4.79 Å². The minimum Gasteiger partial charge on any atom is -0.301 e. The van der Waals surface area contributed by atoms with Gasteiger partial charge in [0, 0.05) is 42.1 Å². The summed E-state index contributed by atoms with van der Waals surface area (Å²) in [4.78, 5) is 14.6. The fourth-order valence-corrected chi connectivity index (χ4v) is 4.37. The van der Waals surface area contributed by atoms with Crippen LogP contribution in [0.15, 0.2) is 18.2 Å². The molecule has 2 unspecified atom stereocenters. The molecule has 1 aromatic carbocycles. The molecular formula is C15H19Cl2NOS. The number of halogens is 2. The summed E-state index contributed by atoms with van der Waals surface area (Å²) in [6.07, 6.45) is 0.490. The number of hydrogen-bond acceptors (Lipinski definition) is 3. The van der Waals surface area contributed by atoms with E-state index in [4.69, 9.17) is 23.2 Å². The Morgan fingerprint density at radius 1 is 1.30 bits per heavy atom. The topological polar surface area (TPSA) is 20.3 Å². The van der Waals surface area contributed by atoms with Crippen LogP contribution < -0.4 is 0 Å². The maximum absolute atomic E-state index is 12.2. The summed E-state index contributed by atoms with van der Waals surface area (Å²) in [5.74, 6) is 0.0658. The molecule has 5 heteroatoms. The largest absolute Gasteiger partial charge is 0.301 e. The Morgan fingerprint density at radius 2 is 1.95 bits per heavy atom. The molecule has 1 aliphatic heterocycles. The molecule has 1 heterocycles. The number of benzene rings is 1. The standard InChI is InChI=1S/C15H19Cl2NOS/c1-10-8-18(9-11(2)20-10)7-6-14(19)12-4-3-5-13(16)15(12)17/h3-5,10-11H,6-9H2,1-2H3. The van der Waals surface area contributed by atoms with Gasteiger partial charge in [0.2, 0.25) is 0 Å². The van der Waals surface area contributed by atoms with Crippen LogP contribution in [-0.4, -0.2) is 40.8 Å². The number of carbonyl (C=O) groups is 1. The van der Waals surface area contributed by atoms with Crippen LogP contribution in [0.5, 0.6) is 0 Å². The third-order valence-corrected chi connectivity index (χ3v) is 5.45. The van der Waals surface area contributed by atoms with Gasteiger partial charge in [-0.1, -0.05) is 43.1 Å². The Bertz CT molecular complexity index is 485. The van der Waals surface area contributed by atoms with Crippen LogP contribution in [0.4, 0.5) is 0 Å². The van der Waals surface area contributed by atoms with Crippen molar-refractivity contribution in [2.45, 2.75) is 30.8 Å². The fourth-order valence-electron chi connectivity index (χ4n) is 2.58. The van der Waals surface area contributed by atoms with Crippen molar-refractivity contribution < 1.29 is 4.79 Å². The second kappa shape index (κ2) is 7.17. The van der Waals surface area contributed by atoms with Crippen LogP contribution in [0.25, 0.3) is 0 Å². The van der Waals surface area contributed by atoms with E-state index >= 15 is 0 Å². The van der Waals surface area contributed by atoms with Crippen LogP contribution in [0.1, 0.15) is 30.6 Å². The van der Waals surface area contributed by atoms with Crippen molar-refractivity contribution in [2.24, 2.45) is 0 Å². The van der Waals surface area contributed by atoms with Gasteiger partial charge in [0.1, 0.15) is 0 Å². The second-order valence-corrected chi connectivity index (χ2v) is 7.96. The van der Waals surface area contributed by atoms with E-state index in [1.54, 1.807) is 18.2 Å². The highest BCUT2D eigenvalue weighted by Gasteiger charge is 2.23. The zero-order chi connectivity index (χ0) is 14.7. The first-order valence-electron chi connectivity index (χ1n) is 6.82. The van der Waals surface area contributed by atoms with Gasteiger partial charge in [0.05, 0.1) is 10.0 Å². The van der Waals surface area contributed by atoms with E-state index < -0.39 is 0 Å². The van der Waals surface area contributed by atoms with Crippen molar-refractivity contribution in [1.82, 2.24) is 4.90 Å². The monoisotopic (exact) mass is 331 g/mol. The van der Waals surface area contributed by atoms with Gasteiger partial charge in [-0.15, -0.1) is 0 Å². The Balaban J connectivity index is 1.93. The molecule has 2 nitrogen and oxygen atoms in total. The molecule has 0 aliphatic carbocycles. The van der Waals surface area contributed by atoms with Crippen LogP contribution in [-0.2, 0) is 0 Å². The van der Waals surface area contributed by atoms with Gasteiger partial charge in [0.25, 0.3) is 0 Å². The van der Waals surface area contributed by atoms with Crippen molar-refractivity contribution in [1.29, 1.82) is 0 Å². The summed E-state index contributed by atoms with van der Waals surface area (Å²) < 4.78 is 0. The smallest absolute Gasteiger partial charge is 0.165 e. The molecule has 0 aromatic heterocycles. The van der Waals surface area contributed by atoms with E-state index in [0.717, 1.165) is 19.6 Å². The maximum Gasteiger partial charge on any atom is 0.165 e. The summed E-state index contributed by atoms with van der Waals surface area (Å²) >= 11 is 14.0. The van der Waals surface area contributed by atoms with Crippen LogP contribution in [0.3, 0.4) is 0 Å². The Morgan fingerprint density at radius 3 is 2.60 bits per heavy atom. The predicted molar refractivity (Wildman–Crippen MR) is 88.4 cm³/mol. The molecule has 110 valence electrons. The van der Waals surface area contributed by atoms with E-state index in [1.165, 1.54) is 0 Å². The first-order chi connectivity index (χ1) is 9.47. The number of nitrogens with zero attached hydrogens (tertiary/aromatic N) is 1. The average molecular weight is 332 g/mol. The van der Waals surface area contributed by atoms with Gasteiger partial charge < -0.3 is 4.90 Å².